The molecule has 110 valence electrons. The average Bonchev–Trinajstić information content (AvgIpc) is 2.37. The summed E-state index contributed by atoms with van der Waals surface area (Å²) in [5.74, 6) is 0.578. The monoisotopic (exact) mass is 302 g/mol. The van der Waals surface area contributed by atoms with Gasteiger partial charge in [0.2, 0.25) is 5.95 Å². The summed E-state index contributed by atoms with van der Waals surface area (Å²) >= 11 is 6.06. The molecule has 5 heteroatoms. The van der Waals surface area contributed by atoms with Gasteiger partial charge in [-0.1, -0.05) is 49.7 Å². The molecule has 0 radical (unpaired) electrons. The van der Waals surface area contributed by atoms with E-state index in [4.69, 9.17) is 23.1 Å². The zero-order valence-corrected chi connectivity index (χ0v) is 13.1. The van der Waals surface area contributed by atoms with Gasteiger partial charge in [0.15, 0.2) is 0 Å². The highest BCUT2D eigenvalue weighted by atomic mass is 35.5. The van der Waals surface area contributed by atoms with Crippen molar-refractivity contribution in [2.24, 2.45) is 0 Å². The fourth-order valence-corrected chi connectivity index (χ4v) is 2.30. The van der Waals surface area contributed by atoms with E-state index in [0.29, 0.717) is 5.82 Å². The number of hydrogen-bond acceptors (Lipinski definition) is 4. The number of hydrogen-bond donors (Lipinski definition) is 2. The van der Waals surface area contributed by atoms with Crippen molar-refractivity contribution in [3.63, 3.8) is 0 Å². The van der Waals surface area contributed by atoms with Crippen LogP contribution in [-0.2, 0) is 5.41 Å². The van der Waals surface area contributed by atoms with Crippen LogP contribution in [0.1, 0.15) is 30.7 Å². The second-order valence-electron chi connectivity index (χ2n) is 5.53. The van der Waals surface area contributed by atoms with E-state index in [2.05, 4.69) is 29.9 Å². The van der Waals surface area contributed by atoms with Gasteiger partial charge in [0, 0.05) is 16.0 Å². The normalized spacial score (nSPS) is 12.0. The van der Waals surface area contributed by atoms with Crippen molar-refractivity contribution < 1.29 is 0 Å². The van der Waals surface area contributed by atoms with E-state index >= 15 is 0 Å². The number of rotatable bonds is 3. The molecule has 0 amide bonds. The third kappa shape index (κ3) is 3.52. The van der Waals surface area contributed by atoms with E-state index < -0.39 is 0 Å². The van der Waals surface area contributed by atoms with Crippen LogP contribution in [0.15, 0.2) is 30.3 Å². The number of nitrogens with zero attached hydrogens (tertiary/aromatic N) is 2. The van der Waals surface area contributed by atoms with Gasteiger partial charge in [-0.05, 0) is 24.6 Å². The Morgan fingerprint density at radius 1 is 1.19 bits per heavy atom. The summed E-state index contributed by atoms with van der Waals surface area (Å²) in [5.41, 5.74) is 14.0. The van der Waals surface area contributed by atoms with Crippen LogP contribution in [0.2, 0.25) is 5.02 Å². The Balaban J connectivity index is 2.36. The molecule has 0 atom stereocenters. The lowest BCUT2D eigenvalue weighted by Crippen LogP contribution is -2.13. The molecule has 2 rings (SSSR count). The molecule has 0 spiro atoms. The van der Waals surface area contributed by atoms with Crippen LogP contribution in [0.5, 0.6) is 0 Å². The topological polar surface area (TPSA) is 77.8 Å². The maximum atomic E-state index is 6.06. The molecule has 4 nitrogen and oxygen atoms in total. The first-order valence-corrected chi connectivity index (χ1v) is 7.02. The number of nitrogen functional groups attached to an aromatic ring is 2. The average molecular weight is 303 g/mol. The Labute approximate surface area is 129 Å². The molecule has 21 heavy (non-hydrogen) atoms. The molecule has 0 bridgehead atoms. The van der Waals surface area contributed by atoms with Gasteiger partial charge in [-0.3, -0.25) is 0 Å². The number of anilines is 2. The molecule has 0 aliphatic heterocycles. The van der Waals surface area contributed by atoms with Crippen molar-refractivity contribution in [2.45, 2.75) is 26.2 Å². The SMILES string of the molecule is Cc1nc(N)nc(N)c1/C=C/C(C)(C)c1cccc(Cl)c1. The fourth-order valence-electron chi connectivity index (χ4n) is 2.11. The number of halogens is 1. The van der Waals surface area contributed by atoms with Crippen molar-refractivity contribution in [2.75, 3.05) is 11.5 Å². The molecule has 1 heterocycles. The predicted octanol–water partition coefficient (Wildman–Crippen LogP) is 3.59. The number of aryl methyl sites for hydroxylation is 1. The number of allylic oxidation sites excluding steroid dienone is 1. The second kappa shape index (κ2) is 5.74. The lowest BCUT2D eigenvalue weighted by Gasteiger charge is -2.21. The summed E-state index contributed by atoms with van der Waals surface area (Å²) < 4.78 is 0. The molecule has 4 N–H and O–H groups in total. The van der Waals surface area contributed by atoms with E-state index in [-0.39, 0.29) is 11.4 Å². The summed E-state index contributed by atoms with van der Waals surface area (Å²) in [7, 11) is 0. The first-order chi connectivity index (χ1) is 9.79. The Kier molecular flexibility index (Phi) is 4.19. The van der Waals surface area contributed by atoms with Gasteiger partial charge < -0.3 is 11.5 Å². The molecule has 0 aliphatic carbocycles. The lowest BCUT2D eigenvalue weighted by atomic mass is 9.84. The van der Waals surface area contributed by atoms with Crippen LogP contribution in [0.25, 0.3) is 6.08 Å². The molecule has 0 aliphatic rings. The van der Waals surface area contributed by atoms with Gasteiger partial charge in [0.1, 0.15) is 5.82 Å². The Hall–Kier alpha value is -2.07. The first kappa shape index (κ1) is 15.3. The highest BCUT2D eigenvalue weighted by molar-refractivity contribution is 6.30. The van der Waals surface area contributed by atoms with Crippen LogP contribution in [0.4, 0.5) is 11.8 Å². The maximum Gasteiger partial charge on any atom is 0.222 e. The molecule has 0 saturated heterocycles. The van der Waals surface area contributed by atoms with Crippen LogP contribution in [0.3, 0.4) is 0 Å². The van der Waals surface area contributed by atoms with Gasteiger partial charge in [-0.25, -0.2) is 4.98 Å². The summed E-state index contributed by atoms with van der Waals surface area (Å²) in [6.45, 7) is 6.08. The first-order valence-electron chi connectivity index (χ1n) is 6.64. The van der Waals surface area contributed by atoms with E-state index in [0.717, 1.165) is 21.8 Å². The van der Waals surface area contributed by atoms with Gasteiger partial charge in [0.05, 0.1) is 5.69 Å². The van der Waals surface area contributed by atoms with Crippen LogP contribution < -0.4 is 11.5 Å². The zero-order valence-electron chi connectivity index (χ0n) is 12.4. The van der Waals surface area contributed by atoms with Crippen LogP contribution in [0, 0.1) is 6.92 Å². The zero-order chi connectivity index (χ0) is 15.6. The molecule has 1 aromatic heterocycles. The van der Waals surface area contributed by atoms with Gasteiger partial charge in [0.25, 0.3) is 0 Å². The lowest BCUT2D eigenvalue weighted by molar-refractivity contribution is 0.673. The minimum Gasteiger partial charge on any atom is -0.383 e. The largest absolute Gasteiger partial charge is 0.383 e. The smallest absolute Gasteiger partial charge is 0.222 e. The Bertz CT molecular complexity index is 669. The van der Waals surface area contributed by atoms with Crippen LogP contribution in [-0.4, -0.2) is 9.97 Å². The summed E-state index contributed by atoms with van der Waals surface area (Å²) in [4.78, 5) is 8.13. The van der Waals surface area contributed by atoms with E-state index in [1.165, 1.54) is 0 Å². The van der Waals surface area contributed by atoms with E-state index in [9.17, 15) is 0 Å². The summed E-state index contributed by atoms with van der Waals surface area (Å²) in [6.07, 6.45) is 4.00. The quantitative estimate of drug-likeness (QED) is 0.908. The third-order valence-electron chi connectivity index (χ3n) is 3.42. The minimum atomic E-state index is -0.189. The second-order valence-corrected chi connectivity index (χ2v) is 5.97. The maximum absolute atomic E-state index is 6.06. The Morgan fingerprint density at radius 2 is 1.90 bits per heavy atom. The highest BCUT2D eigenvalue weighted by Crippen LogP contribution is 2.28. The molecular formula is C16H19ClN4. The van der Waals surface area contributed by atoms with E-state index in [1.807, 2.05) is 37.3 Å². The summed E-state index contributed by atoms with van der Waals surface area (Å²) in [6, 6.07) is 7.81. The van der Waals surface area contributed by atoms with Gasteiger partial charge in [-0.15, -0.1) is 0 Å². The van der Waals surface area contributed by atoms with Gasteiger partial charge in [-0.2, -0.15) is 4.98 Å². The van der Waals surface area contributed by atoms with Crippen molar-refractivity contribution in [3.8, 4) is 0 Å². The molecule has 0 saturated carbocycles. The van der Waals surface area contributed by atoms with Crippen molar-refractivity contribution in [3.05, 3.63) is 52.2 Å². The minimum absolute atomic E-state index is 0.189. The van der Waals surface area contributed by atoms with Crippen molar-refractivity contribution in [1.29, 1.82) is 0 Å². The number of benzene rings is 1. The summed E-state index contributed by atoms with van der Waals surface area (Å²) in [5, 5.41) is 0.723. The molecule has 1 aromatic carbocycles. The van der Waals surface area contributed by atoms with Crippen molar-refractivity contribution >= 4 is 29.4 Å². The Morgan fingerprint density at radius 3 is 2.52 bits per heavy atom. The number of aromatic nitrogens is 2. The standard InChI is InChI=1S/C16H19ClN4/c1-10-13(14(18)21-15(19)20-10)7-8-16(2,3)11-5-4-6-12(17)9-11/h4-9H,1-3H3,(H4,18,19,20,21)/b8-7+. The van der Waals surface area contributed by atoms with Crippen molar-refractivity contribution in [1.82, 2.24) is 9.97 Å². The van der Waals surface area contributed by atoms with E-state index in [1.54, 1.807) is 0 Å². The molecule has 2 aromatic rings. The fraction of sp³-hybridized carbons (Fsp3) is 0.250. The predicted molar refractivity (Wildman–Crippen MR) is 89.1 cm³/mol. The van der Waals surface area contributed by atoms with Gasteiger partial charge >= 0.3 is 0 Å². The number of nitrogens with two attached hydrogens (primary N) is 2. The molecular weight excluding hydrogens is 284 g/mol. The highest BCUT2D eigenvalue weighted by Gasteiger charge is 2.17. The molecule has 0 fully saturated rings. The van der Waals surface area contributed by atoms with Crippen LogP contribution >= 0.6 is 11.6 Å². The molecule has 0 unspecified atom stereocenters. The third-order valence-corrected chi connectivity index (χ3v) is 3.65.